The molecule has 1 fully saturated rings. The monoisotopic (exact) mass is 448 g/mol. The minimum Gasteiger partial charge on any atom is -0.478 e. The molecule has 2 aromatic carbocycles. The van der Waals surface area contributed by atoms with Crippen molar-refractivity contribution >= 4 is 17.3 Å². The van der Waals surface area contributed by atoms with Crippen LogP contribution in [0.15, 0.2) is 60.0 Å². The van der Waals surface area contributed by atoms with Gasteiger partial charge in [0.25, 0.3) is 0 Å². The number of benzene rings is 2. The summed E-state index contributed by atoms with van der Waals surface area (Å²) in [5.74, 6) is -0.0339. The van der Waals surface area contributed by atoms with Gasteiger partial charge in [-0.05, 0) is 71.5 Å². The van der Waals surface area contributed by atoms with E-state index >= 15 is 0 Å². The van der Waals surface area contributed by atoms with Crippen LogP contribution in [0.1, 0.15) is 77.4 Å². The first kappa shape index (κ1) is 22.8. The molecule has 1 aliphatic carbocycles. The average Bonchev–Trinajstić information content (AvgIpc) is 3.35. The first-order chi connectivity index (χ1) is 15.6. The largest absolute Gasteiger partial charge is 0.478 e. The predicted molar refractivity (Wildman–Crippen MR) is 131 cm³/mol. The van der Waals surface area contributed by atoms with E-state index in [1.54, 1.807) is 23.5 Å². The van der Waals surface area contributed by atoms with Crippen LogP contribution in [-0.4, -0.2) is 11.1 Å². The zero-order valence-electron chi connectivity index (χ0n) is 18.8. The van der Waals surface area contributed by atoms with Gasteiger partial charge in [-0.15, -0.1) is 11.3 Å². The van der Waals surface area contributed by atoms with Crippen molar-refractivity contribution in [3.63, 3.8) is 0 Å². The molecule has 3 nitrogen and oxygen atoms in total. The first-order valence-electron chi connectivity index (χ1n) is 11.7. The van der Waals surface area contributed by atoms with Crippen LogP contribution in [0, 0.1) is 12.8 Å². The number of aryl methyl sites for hydroxylation is 1. The highest BCUT2D eigenvalue weighted by atomic mass is 32.1. The molecule has 4 rings (SSSR count). The normalized spacial score (nSPS) is 15.5. The molecule has 1 atom stereocenters. The number of carboxylic acids is 1. The molecular formula is C28H32O3S. The number of aromatic carboxylic acids is 1. The Morgan fingerprint density at radius 3 is 2.53 bits per heavy atom. The molecule has 1 saturated carbocycles. The Kier molecular flexibility index (Phi) is 7.77. The number of rotatable bonds is 9. The van der Waals surface area contributed by atoms with Crippen molar-refractivity contribution in [1.29, 1.82) is 0 Å². The van der Waals surface area contributed by atoms with Crippen molar-refractivity contribution in [1.82, 2.24) is 0 Å². The molecule has 1 unspecified atom stereocenters. The second-order valence-corrected chi connectivity index (χ2v) is 9.91. The summed E-state index contributed by atoms with van der Waals surface area (Å²) in [7, 11) is 0. The van der Waals surface area contributed by atoms with Crippen molar-refractivity contribution in [2.45, 2.75) is 64.6 Å². The third kappa shape index (κ3) is 5.87. The van der Waals surface area contributed by atoms with Crippen molar-refractivity contribution in [3.05, 3.63) is 81.5 Å². The standard InChI is InChI=1S/C28H32O3S/c1-20-18-22(9-15-25(20)23-11-13-24(14-12-23)28(29)30)19-31-26(27-8-5-17-32-27)16-10-21-6-3-2-4-7-21/h5,8-9,11-15,17-18,21,26H,2-4,6-7,10,16,19H2,1H3,(H,29,30). The second kappa shape index (κ2) is 10.9. The van der Waals surface area contributed by atoms with Gasteiger partial charge < -0.3 is 9.84 Å². The molecule has 0 bridgehead atoms. The fourth-order valence-electron chi connectivity index (χ4n) is 4.77. The van der Waals surface area contributed by atoms with E-state index in [9.17, 15) is 4.79 Å². The maximum absolute atomic E-state index is 11.1. The number of hydrogen-bond acceptors (Lipinski definition) is 3. The molecule has 0 saturated heterocycles. The van der Waals surface area contributed by atoms with Crippen LogP contribution in [0.25, 0.3) is 11.1 Å². The van der Waals surface area contributed by atoms with E-state index in [-0.39, 0.29) is 6.10 Å². The van der Waals surface area contributed by atoms with Crippen LogP contribution >= 0.6 is 11.3 Å². The molecule has 1 heterocycles. The van der Waals surface area contributed by atoms with Crippen LogP contribution in [-0.2, 0) is 11.3 Å². The SMILES string of the molecule is Cc1cc(COC(CCC2CCCCC2)c2cccs2)ccc1-c1ccc(C(=O)O)cc1. The molecular weight excluding hydrogens is 416 g/mol. The molecule has 1 N–H and O–H groups in total. The summed E-state index contributed by atoms with van der Waals surface area (Å²) >= 11 is 1.79. The van der Waals surface area contributed by atoms with Gasteiger partial charge in [0, 0.05) is 4.88 Å². The van der Waals surface area contributed by atoms with E-state index in [1.165, 1.54) is 54.5 Å². The van der Waals surface area contributed by atoms with Crippen LogP contribution in [0.4, 0.5) is 0 Å². The lowest BCUT2D eigenvalue weighted by molar-refractivity contribution is 0.0307. The van der Waals surface area contributed by atoms with E-state index in [0.717, 1.165) is 23.5 Å². The Labute approximate surface area is 195 Å². The second-order valence-electron chi connectivity index (χ2n) is 8.93. The van der Waals surface area contributed by atoms with Gasteiger partial charge in [0.15, 0.2) is 0 Å². The quantitative estimate of drug-likeness (QED) is 0.360. The first-order valence-corrected chi connectivity index (χ1v) is 12.6. The number of ether oxygens (including phenoxy) is 1. The van der Waals surface area contributed by atoms with Gasteiger partial charge in [-0.2, -0.15) is 0 Å². The van der Waals surface area contributed by atoms with Crippen LogP contribution < -0.4 is 0 Å². The van der Waals surface area contributed by atoms with E-state index in [1.807, 2.05) is 12.1 Å². The van der Waals surface area contributed by atoms with Crippen LogP contribution in [0.5, 0.6) is 0 Å². The van der Waals surface area contributed by atoms with Crippen molar-refractivity contribution in [2.75, 3.05) is 0 Å². The molecule has 0 radical (unpaired) electrons. The molecule has 32 heavy (non-hydrogen) atoms. The zero-order valence-corrected chi connectivity index (χ0v) is 19.6. The summed E-state index contributed by atoms with van der Waals surface area (Å²) in [6.07, 6.45) is 9.46. The molecule has 4 heteroatoms. The maximum atomic E-state index is 11.1. The van der Waals surface area contributed by atoms with Gasteiger partial charge in [-0.3, -0.25) is 0 Å². The van der Waals surface area contributed by atoms with E-state index in [4.69, 9.17) is 9.84 Å². The molecule has 0 spiro atoms. The molecule has 0 aliphatic heterocycles. The molecule has 168 valence electrons. The predicted octanol–water partition coefficient (Wildman–Crippen LogP) is 8.04. The van der Waals surface area contributed by atoms with Crippen LogP contribution in [0.2, 0.25) is 0 Å². The number of thiophene rings is 1. The Morgan fingerprint density at radius 1 is 1.09 bits per heavy atom. The Bertz CT molecular complexity index is 1000. The Balaban J connectivity index is 1.40. The zero-order chi connectivity index (χ0) is 22.3. The maximum Gasteiger partial charge on any atom is 0.335 e. The summed E-state index contributed by atoms with van der Waals surface area (Å²) in [6, 6.07) is 17.8. The lowest BCUT2D eigenvalue weighted by Crippen LogP contribution is -2.10. The highest BCUT2D eigenvalue weighted by Gasteiger charge is 2.19. The minimum absolute atomic E-state index is 0.167. The fraction of sp³-hybridized carbons (Fsp3) is 0.393. The third-order valence-electron chi connectivity index (χ3n) is 6.61. The molecule has 1 aliphatic rings. The highest BCUT2D eigenvalue weighted by Crippen LogP contribution is 2.34. The highest BCUT2D eigenvalue weighted by molar-refractivity contribution is 7.10. The summed E-state index contributed by atoms with van der Waals surface area (Å²) in [5.41, 5.74) is 4.81. The Hall–Kier alpha value is -2.43. The van der Waals surface area contributed by atoms with Crippen molar-refractivity contribution in [3.8, 4) is 11.1 Å². The fourth-order valence-corrected chi connectivity index (χ4v) is 5.58. The number of hydrogen-bond donors (Lipinski definition) is 1. The van der Waals surface area contributed by atoms with E-state index < -0.39 is 5.97 Å². The molecule has 0 amide bonds. The number of carbonyl (C=O) groups is 1. The molecule has 1 aromatic heterocycles. The third-order valence-corrected chi connectivity index (χ3v) is 7.57. The topological polar surface area (TPSA) is 46.5 Å². The van der Waals surface area contributed by atoms with Gasteiger partial charge in [-0.25, -0.2) is 4.79 Å². The van der Waals surface area contributed by atoms with E-state index in [2.05, 4.69) is 42.6 Å². The van der Waals surface area contributed by atoms with Crippen molar-refractivity contribution < 1.29 is 14.6 Å². The summed E-state index contributed by atoms with van der Waals surface area (Å²) < 4.78 is 6.45. The van der Waals surface area contributed by atoms with Gasteiger partial charge in [0.2, 0.25) is 0 Å². The smallest absolute Gasteiger partial charge is 0.335 e. The van der Waals surface area contributed by atoms with Gasteiger partial charge in [0.1, 0.15) is 0 Å². The van der Waals surface area contributed by atoms with Gasteiger partial charge in [0.05, 0.1) is 18.3 Å². The lowest BCUT2D eigenvalue weighted by Gasteiger charge is -2.24. The summed E-state index contributed by atoms with van der Waals surface area (Å²) in [6.45, 7) is 2.70. The lowest BCUT2D eigenvalue weighted by atomic mass is 9.85. The van der Waals surface area contributed by atoms with E-state index in [0.29, 0.717) is 12.2 Å². The average molecular weight is 449 g/mol. The minimum atomic E-state index is -0.899. The summed E-state index contributed by atoms with van der Waals surface area (Å²) in [4.78, 5) is 12.4. The van der Waals surface area contributed by atoms with Crippen molar-refractivity contribution in [2.24, 2.45) is 5.92 Å². The summed E-state index contributed by atoms with van der Waals surface area (Å²) in [5, 5.41) is 11.2. The Morgan fingerprint density at radius 2 is 1.88 bits per heavy atom. The molecule has 3 aromatic rings. The van der Waals surface area contributed by atoms with Gasteiger partial charge in [-0.1, -0.05) is 68.5 Å². The number of carboxylic acid groups (broad SMARTS) is 1. The van der Waals surface area contributed by atoms with Crippen LogP contribution in [0.3, 0.4) is 0 Å². The van der Waals surface area contributed by atoms with Gasteiger partial charge >= 0.3 is 5.97 Å².